The van der Waals surface area contributed by atoms with E-state index in [4.69, 9.17) is 5.26 Å². The summed E-state index contributed by atoms with van der Waals surface area (Å²) < 4.78 is 0.851. The van der Waals surface area contributed by atoms with Gasteiger partial charge in [0.2, 0.25) is 0 Å². The summed E-state index contributed by atoms with van der Waals surface area (Å²) in [7, 11) is 0. The molecular weight excluding hydrogens is 278 g/mol. The molecule has 1 atom stereocenters. The summed E-state index contributed by atoms with van der Waals surface area (Å²) in [6.45, 7) is 2.05. The Kier molecular flexibility index (Phi) is 4.41. The average molecular weight is 294 g/mol. The normalized spacial score (nSPS) is 18.9. The van der Waals surface area contributed by atoms with Gasteiger partial charge in [-0.15, -0.1) is 0 Å². The molecule has 0 radical (unpaired) electrons. The molecule has 2 N–H and O–H groups in total. The summed E-state index contributed by atoms with van der Waals surface area (Å²) in [6.07, 6.45) is 3.66. The zero-order valence-corrected chi connectivity index (χ0v) is 11.3. The van der Waals surface area contributed by atoms with E-state index in [1.165, 1.54) is 12.8 Å². The number of anilines is 1. The summed E-state index contributed by atoms with van der Waals surface area (Å²) in [5.41, 5.74) is 1.60. The second-order valence-corrected chi connectivity index (χ2v) is 5.14. The van der Waals surface area contributed by atoms with E-state index >= 15 is 0 Å². The zero-order valence-electron chi connectivity index (χ0n) is 9.67. The number of rotatable bonds is 4. The largest absolute Gasteiger partial charge is 0.384 e. The highest BCUT2D eigenvalue weighted by atomic mass is 79.9. The van der Waals surface area contributed by atoms with E-state index < -0.39 is 0 Å². The van der Waals surface area contributed by atoms with E-state index in [1.807, 2.05) is 18.2 Å². The minimum atomic E-state index is 0.639. The predicted octanol–water partition coefficient (Wildman–Crippen LogP) is 2.87. The van der Waals surface area contributed by atoms with Gasteiger partial charge in [0.05, 0.1) is 11.3 Å². The molecule has 0 aliphatic carbocycles. The predicted molar refractivity (Wildman–Crippen MR) is 73.0 cm³/mol. The molecule has 0 aromatic heterocycles. The first kappa shape index (κ1) is 12.4. The van der Waals surface area contributed by atoms with Crippen LogP contribution in [0.25, 0.3) is 0 Å². The molecule has 1 fully saturated rings. The quantitative estimate of drug-likeness (QED) is 0.897. The fourth-order valence-corrected chi connectivity index (χ4v) is 2.62. The van der Waals surface area contributed by atoms with Gasteiger partial charge >= 0.3 is 0 Å². The van der Waals surface area contributed by atoms with Crippen molar-refractivity contribution < 1.29 is 0 Å². The lowest BCUT2D eigenvalue weighted by Gasteiger charge is -2.12. The Morgan fingerprint density at radius 2 is 2.41 bits per heavy atom. The van der Waals surface area contributed by atoms with Gasteiger partial charge in [0.25, 0.3) is 0 Å². The van der Waals surface area contributed by atoms with E-state index in [9.17, 15) is 0 Å². The fourth-order valence-electron chi connectivity index (χ4n) is 2.17. The molecular formula is C13H16BrN3. The van der Waals surface area contributed by atoms with Gasteiger partial charge in [-0.05, 0) is 53.9 Å². The summed E-state index contributed by atoms with van der Waals surface area (Å²) in [5, 5.41) is 15.9. The van der Waals surface area contributed by atoms with E-state index in [0.29, 0.717) is 11.6 Å². The summed E-state index contributed by atoms with van der Waals surface area (Å²) >= 11 is 3.39. The second kappa shape index (κ2) is 6.04. The van der Waals surface area contributed by atoms with Crippen molar-refractivity contribution in [3.8, 4) is 6.07 Å². The molecule has 1 aliphatic heterocycles. The van der Waals surface area contributed by atoms with Crippen LogP contribution in [0.1, 0.15) is 24.8 Å². The highest BCUT2D eigenvalue weighted by molar-refractivity contribution is 9.10. The van der Waals surface area contributed by atoms with Gasteiger partial charge in [0.1, 0.15) is 6.07 Å². The molecule has 0 spiro atoms. The van der Waals surface area contributed by atoms with Gasteiger partial charge in [-0.1, -0.05) is 6.07 Å². The molecule has 17 heavy (non-hydrogen) atoms. The van der Waals surface area contributed by atoms with Gasteiger partial charge < -0.3 is 10.6 Å². The molecule has 0 unspecified atom stereocenters. The highest BCUT2D eigenvalue weighted by Crippen LogP contribution is 2.23. The maximum atomic E-state index is 9.08. The molecule has 1 saturated heterocycles. The SMILES string of the molecule is N#Cc1c(Br)cccc1NCC[C@@H]1CCCN1. The Labute approximate surface area is 110 Å². The third kappa shape index (κ3) is 3.21. The first-order chi connectivity index (χ1) is 8.31. The monoisotopic (exact) mass is 293 g/mol. The summed E-state index contributed by atoms with van der Waals surface area (Å²) in [6, 6.07) is 8.64. The van der Waals surface area contributed by atoms with Crippen molar-refractivity contribution in [1.29, 1.82) is 5.26 Å². The number of hydrogen-bond acceptors (Lipinski definition) is 3. The molecule has 0 bridgehead atoms. The van der Waals surface area contributed by atoms with E-state index in [2.05, 4.69) is 32.6 Å². The Bertz CT molecular complexity index is 419. The molecule has 90 valence electrons. The van der Waals surface area contributed by atoms with Crippen LogP contribution >= 0.6 is 15.9 Å². The van der Waals surface area contributed by atoms with Gasteiger partial charge in [-0.2, -0.15) is 5.26 Å². The van der Waals surface area contributed by atoms with Crippen LogP contribution in [0.3, 0.4) is 0 Å². The van der Waals surface area contributed by atoms with Gasteiger partial charge in [0, 0.05) is 17.1 Å². The maximum Gasteiger partial charge on any atom is 0.103 e. The molecule has 0 amide bonds. The van der Waals surface area contributed by atoms with Gasteiger partial charge in [-0.25, -0.2) is 0 Å². The van der Waals surface area contributed by atoms with Crippen LogP contribution in [0.15, 0.2) is 22.7 Å². The summed E-state index contributed by atoms with van der Waals surface area (Å²) in [4.78, 5) is 0. The Balaban J connectivity index is 1.90. The van der Waals surface area contributed by atoms with Crippen LogP contribution < -0.4 is 10.6 Å². The molecule has 1 aliphatic rings. The van der Waals surface area contributed by atoms with Crippen LogP contribution in [0, 0.1) is 11.3 Å². The van der Waals surface area contributed by atoms with Crippen molar-refractivity contribution in [3.05, 3.63) is 28.2 Å². The van der Waals surface area contributed by atoms with Crippen molar-refractivity contribution in [2.75, 3.05) is 18.4 Å². The third-order valence-corrected chi connectivity index (χ3v) is 3.76. The van der Waals surface area contributed by atoms with Crippen molar-refractivity contribution in [3.63, 3.8) is 0 Å². The molecule has 1 aromatic rings. The molecule has 3 nitrogen and oxygen atoms in total. The van der Waals surface area contributed by atoms with Crippen molar-refractivity contribution in [2.45, 2.75) is 25.3 Å². The highest BCUT2D eigenvalue weighted by Gasteiger charge is 2.13. The maximum absolute atomic E-state index is 9.08. The first-order valence-electron chi connectivity index (χ1n) is 5.97. The minimum absolute atomic E-state index is 0.639. The Morgan fingerprint density at radius 3 is 3.12 bits per heavy atom. The van der Waals surface area contributed by atoms with Crippen LogP contribution in [-0.4, -0.2) is 19.1 Å². The van der Waals surface area contributed by atoms with E-state index in [-0.39, 0.29) is 0 Å². The smallest absolute Gasteiger partial charge is 0.103 e. The van der Waals surface area contributed by atoms with Crippen molar-refractivity contribution >= 4 is 21.6 Å². The molecule has 1 heterocycles. The van der Waals surface area contributed by atoms with E-state index in [0.717, 1.165) is 29.7 Å². The molecule has 2 rings (SSSR count). The van der Waals surface area contributed by atoms with Crippen LogP contribution in [0.2, 0.25) is 0 Å². The van der Waals surface area contributed by atoms with Crippen molar-refractivity contribution in [1.82, 2.24) is 5.32 Å². The number of benzene rings is 1. The molecule has 1 aromatic carbocycles. The second-order valence-electron chi connectivity index (χ2n) is 4.28. The van der Waals surface area contributed by atoms with Crippen LogP contribution in [0.4, 0.5) is 5.69 Å². The number of halogens is 1. The lowest BCUT2D eigenvalue weighted by Crippen LogP contribution is -2.24. The molecule has 4 heteroatoms. The minimum Gasteiger partial charge on any atom is -0.384 e. The van der Waals surface area contributed by atoms with Crippen LogP contribution in [0.5, 0.6) is 0 Å². The standard InChI is InChI=1S/C13H16BrN3/c14-12-4-1-5-13(11(12)9-15)17-8-6-10-3-2-7-16-10/h1,4-5,10,16-17H,2-3,6-8H2/t10-/m0/s1. The lowest BCUT2D eigenvalue weighted by molar-refractivity contribution is 0.574. The van der Waals surface area contributed by atoms with Gasteiger partial charge in [-0.3, -0.25) is 0 Å². The topological polar surface area (TPSA) is 47.9 Å². The number of nitriles is 1. The van der Waals surface area contributed by atoms with Gasteiger partial charge in [0.15, 0.2) is 0 Å². The summed E-state index contributed by atoms with van der Waals surface area (Å²) in [5.74, 6) is 0. The number of hydrogen-bond donors (Lipinski definition) is 2. The lowest BCUT2D eigenvalue weighted by atomic mass is 10.1. The Hall–Kier alpha value is -1.05. The molecule has 0 saturated carbocycles. The van der Waals surface area contributed by atoms with Crippen molar-refractivity contribution in [2.24, 2.45) is 0 Å². The average Bonchev–Trinajstić information content (AvgIpc) is 2.82. The Morgan fingerprint density at radius 1 is 1.53 bits per heavy atom. The van der Waals surface area contributed by atoms with E-state index in [1.54, 1.807) is 0 Å². The third-order valence-electron chi connectivity index (χ3n) is 3.10. The number of nitrogens with zero attached hydrogens (tertiary/aromatic N) is 1. The number of nitrogens with one attached hydrogen (secondary N) is 2. The first-order valence-corrected chi connectivity index (χ1v) is 6.76. The van der Waals surface area contributed by atoms with Crippen LogP contribution in [-0.2, 0) is 0 Å². The fraction of sp³-hybridized carbons (Fsp3) is 0.462. The zero-order chi connectivity index (χ0) is 12.1.